The van der Waals surface area contributed by atoms with Crippen LogP contribution in [-0.4, -0.2) is 48.7 Å². The highest BCUT2D eigenvalue weighted by molar-refractivity contribution is 5.29. The fourth-order valence-corrected chi connectivity index (χ4v) is 9.72. The van der Waals surface area contributed by atoms with Crippen molar-refractivity contribution in [2.45, 2.75) is 89.8 Å². The van der Waals surface area contributed by atoms with E-state index in [1.54, 1.807) is 0 Å². The summed E-state index contributed by atoms with van der Waals surface area (Å²) in [5.41, 5.74) is 0.828. The van der Waals surface area contributed by atoms with Gasteiger partial charge in [0.05, 0.1) is 32.0 Å². The number of rotatable bonds is 1. The third-order valence-corrected chi connectivity index (χ3v) is 10.6. The fourth-order valence-electron chi connectivity index (χ4n) is 9.72. The van der Waals surface area contributed by atoms with Crippen molar-refractivity contribution < 1.29 is 24.1 Å². The Kier molecular flexibility index (Phi) is 4.47. The van der Waals surface area contributed by atoms with Crippen molar-refractivity contribution >= 4 is 0 Å². The minimum Gasteiger partial charge on any atom is -0.390 e. The van der Waals surface area contributed by atoms with Crippen LogP contribution >= 0.6 is 0 Å². The summed E-state index contributed by atoms with van der Waals surface area (Å²) in [6, 6.07) is 0. The predicted molar refractivity (Wildman–Crippen MR) is 116 cm³/mol. The zero-order chi connectivity index (χ0) is 21.7. The van der Waals surface area contributed by atoms with Crippen molar-refractivity contribution in [3.63, 3.8) is 0 Å². The molecule has 6 rings (SSSR count). The summed E-state index contributed by atoms with van der Waals surface area (Å²) < 4.78 is 24.5. The van der Waals surface area contributed by atoms with Crippen LogP contribution in [0.4, 0.5) is 0 Å². The molecule has 0 amide bonds. The maximum atomic E-state index is 12.1. The van der Waals surface area contributed by atoms with Gasteiger partial charge in [0.15, 0.2) is 11.6 Å². The molecule has 0 aromatic rings. The maximum Gasteiger partial charge on any atom is 0.172 e. The minimum atomic E-state index is -0.705. The molecule has 2 aliphatic heterocycles. The summed E-state index contributed by atoms with van der Waals surface area (Å²) in [6.45, 7) is 11.9. The molecule has 0 bridgehead atoms. The number of fused-ring (bicyclic) bond motifs is 5. The summed E-state index contributed by atoms with van der Waals surface area (Å²) in [5, 5.41) is 12.1. The molecular formula is C26H40O5. The van der Waals surface area contributed by atoms with Crippen LogP contribution in [0.15, 0.2) is 11.6 Å². The Bertz CT molecular complexity index is 777. The lowest BCUT2D eigenvalue weighted by Crippen LogP contribution is -2.63. The highest BCUT2D eigenvalue weighted by Gasteiger charge is 2.68. The van der Waals surface area contributed by atoms with Gasteiger partial charge in [-0.3, -0.25) is 0 Å². The van der Waals surface area contributed by atoms with Gasteiger partial charge >= 0.3 is 0 Å². The lowest BCUT2D eigenvalue weighted by atomic mass is 9.43. The molecule has 5 nitrogen and oxygen atoms in total. The number of hydrogen-bond donors (Lipinski definition) is 1. The van der Waals surface area contributed by atoms with Crippen LogP contribution < -0.4 is 0 Å². The zero-order valence-corrected chi connectivity index (χ0v) is 19.7. The van der Waals surface area contributed by atoms with Gasteiger partial charge < -0.3 is 24.1 Å². The normalized spacial score (nSPS) is 52.5. The molecule has 3 saturated carbocycles. The first-order chi connectivity index (χ1) is 14.6. The van der Waals surface area contributed by atoms with E-state index in [1.807, 2.05) is 0 Å². The second-order valence-corrected chi connectivity index (χ2v) is 12.3. The predicted octanol–water partition coefficient (Wildman–Crippen LogP) is 4.43. The van der Waals surface area contributed by atoms with Crippen LogP contribution in [0.2, 0.25) is 0 Å². The molecular weight excluding hydrogens is 392 g/mol. The van der Waals surface area contributed by atoms with Gasteiger partial charge in [-0.15, -0.1) is 0 Å². The molecule has 2 saturated heterocycles. The van der Waals surface area contributed by atoms with Crippen LogP contribution in [0, 0.1) is 34.5 Å². The molecule has 5 fully saturated rings. The van der Waals surface area contributed by atoms with E-state index in [-0.39, 0.29) is 16.7 Å². The van der Waals surface area contributed by atoms with E-state index in [9.17, 15) is 5.11 Å². The van der Waals surface area contributed by atoms with Crippen LogP contribution in [0.25, 0.3) is 0 Å². The zero-order valence-electron chi connectivity index (χ0n) is 19.7. The molecule has 4 aliphatic carbocycles. The van der Waals surface area contributed by atoms with Crippen LogP contribution in [0.3, 0.4) is 0 Å². The van der Waals surface area contributed by atoms with Crippen LogP contribution in [0.1, 0.15) is 72.6 Å². The molecule has 0 aromatic carbocycles. The van der Waals surface area contributed by atoms with E-state index >= 15 is 0 Å². The standard InChI is InChI=1S/C26H40O5/c1-22-9-10-26(30-13-14-31-26)15-17(22)5-6-18-19-7-8-20(25(4)28-11-12-29-25)23(19,2)16-24(3,27)21(18)22/h5,18-21,27H,6-16H2,1-4H3/t18-,19-,20-,21-,22-,23-,24-/m0/s1. The number of hydrogen-bond acceptors (Lipinski definition) is 5. The van der Waals surface area contributed by atoms with Crippen molar-refractivity contribution in [2.24, 2.45) is 34.5 Å². The summed E-state index contributed by atoms with van der Waals surface area (Å²) >= 11 is 0. The molecule has 0 radical (unpaired) electrons. The topological polar surface area (TPSA) is 57.2 Å². The van der Waals surface area contributed by atoms with E-state index in [0.29, 0.717) is 44.2 Å². The lowest BCUT2D eigenvalue weighted by molar-refractivity contribution is -0.243. The van der Waals surface area contributed by atoms with Gasteiger partial charge in [0, 0.05) is 18.8 Å². The summed E-state index contributed by atoms with van der Waals surface area (Å²) in [5.74, 6) is 0.841. The van der Waals surface area contributed by atoms with Crippen molar-refractivity contribution in [2.75, 3.05) is 26.4 Å². The molecule has 0 aromatic heterocycles. The highest BCUT2D eigenvalue weighted by atomic mass is 16.7. The van der Waals surface area contributed by atoms with Gasteiger partial charge in [-0.25, -0.2) is 0 Å². The van der Waals surface area contributed by atoms with Gasteiger partial charge in [0.1, 0.15) is 0 Å². The van der Waals surface area contributed by atoms with Gasteiger partial charge in [-0.2, -0.15) is 0 Å². The third kappa shape index (κ3) is 2.79. The van der Waals surface area contributed by atoms with Crippen LogP contribution in [0.5, 0.6) is 0 Å². The molecule has 7 atom stereocenters. The van der Waals surface area contributed by atoms with Gasteiger partial charge in [-0.1, -0.05) is 25.5 Å². The molecule has 174 valence electrons. The first-order valence-electron chi connectivity index (χ1n) is 12.6. The number of allylic oxidation sites excluding steroid dienone is 1. The second kappa shape index (κ2) is 6.56. The van der Waals surface area contributed by atoms with Crippen molar-refractivity contribution in [3.05, 3.63) is 11.6 Å². The Morgan fingerprint density at radius 2 is 1.58 bits per heavy atom. The van der Waals surface area contributed by atoms with E-state index < -0.39 is 17.2 Å². The average Bonchev–Trinajstić information content (AvgIpc) is 3.41. The molecule has 0 unspecified atom stereocenters. The van der Waals surface area contributed by atoms with Crippen molar-refractivity contribution in [1.82, 2.24) is 0 Å². The largest absolute Gasteiger partial charge is 0.390 e. The van der Waals surface area contributed by atoms with Crippen molar-refractivity contribution in [1.29, 1.82) is 0 Å². The number of ether oxygens (including phenoxy) is 4. The molecule has 1 spiro atoms. The summed E-state index contributed by atoms with van der Waals surface area (Å²) in [4.78, 5) is 0. The van der Waals surface area contributed by atoms with Crippen LogP contribution in [-0.2, 0) is 18.9 Å². The monoisotopic (exact) mass is 432 g/mol. The quantitative estimate of drug-likeness (QED) is 0.621. The van der Waals surface area contributed by atoms with Crippen molar-refractivity contribution in [3.8, 4) is 0 Å². The number of aliphatic hydroxyl groups is 1. The Morgan fingerprint density at radius 1 is 0.903 bits per heavy atom. The molecule has 2 heterocycles. The minimum absolute atomic E-state index is 0.0245. The molecule has 5 heteroatoms. The van der Waals surface area contributed by atoms with E-state index in [4.69, 9.17) is 18.9 Å². The third-order valence-electron chi connectivity index (χ3n) is 10.6. The highest BCUT2D eigenvalue weighted by Crippen LogP contribution is 2.70. The van der Waals surface area contributed by atoms with Gasteiger partial charge in [-0.05, 0) is 74.5 Å². The Labute approximate surface area is 186 Å². The first-order valence-corrected chi connectivity index (χ1v) is 12.6. The molecule has 6 aliphatic rings. The SMILES string of the molecule is CC1([C@H]2CC[C@H]3[C@@H]4CC=C5CC6(CC[C@]5(C)[C@H]4[C@@](C)(O)C[C@]23C)OCCO6)OCCO1. The summed E-state index contributed by atoms with van der Waals surface area (Å²) in [7, 11) is 0. The summed E-state index contributed by atoms with van der Waals surface area (Å²) in [6.07, 6.45) is 9.59. The average molecular weight is 433 g/mol. The van der Waals surface area contributed by atoms with E-state index in [1.165, 1.54) is 12.0 Å². The van der Waals surface area contributed by atoms with E-state index in [2.05, 4.69) is 33.8 Å². The van der Waals surface area contributed by atoms with Gasteiger partial charge in [0.2, 0.25) is 0 Å². The Hall–Kier alpha value is -0.460. The second-order valence-electron chi connectivity index (χ2n) is 12.3. The Morgan fingerprint density at radius 3 is 2.29 bits per heavy atom. The fraction of sp³-hybridized carbons (Fsp3) is 0.923. The molecule has 1 N–H and O–H groups in total. The smallest absolute Gasteiger partial charge is 0.172 e. The maximum absolute atomic E-state index is 12.1. The Balaban J connectivity index is 1.36. The van der Waals surface area contributed by atoms with Gasteiger partial charge in [0.25, 0.3) is 0 Å². The first kappa shape index (κ1) is 21.1. The van der Waals surface area contributed by atoms with E-state index in [0.717, 1.165) is 38.5 Å². The lowest BCUT2D eigenvalue weighted by Gasteiger charge is -2.64. The molecule has 31 heavy (non-hydrogen) atoms.